The lowest BCUT2D eigenvalue weighted by atomic mass is 10.1. The van der Waals surface area contributed by atoms with E-state index in [1.54, 1.807) is 11.3 Å². The van der Waals surface area contributed by atoms with Gasteiger partial charge in [0, 0.05) is 10.4 Å². The smallest absolute Gasteiger partial charge is 0.260 e. The van der Waals surface area contributed by atoms with Crippen LogP contribution in [0.2, 0.25) is 0 Å². The number of nitrogens with zero attached hydrogens (tertiary/aromatic N) is 1. The summed E-state index contributed by atoms with van der Waals surface area (Å²) < 4.78 is 0. The van der Waals surface area contributed by atoms with Crippen molar-refractivity contribution in [3.63, 3.8) is 0 Å². The quantitative estimate of drug-likeness (QED) is 0.743. The Morgan fingerprint density at radius 1 is 1.30 bits per heavy atom. The lowest BCUT2D eigenvalue weighted by Crippen LogP contribution is -2.09. The second-order valence-corrected chi connectivity index (χ2v) is 6.41. The van der Waals surface area contributed by atoms with Crippen molar-refractivity contribution < 1.29 is 0 Å². The Labute approximate surface area is 120 Å². The Kier molecular flexibility index (Phi) is 2.54. The van der Waals surface area contributed by atoms with Gasteiger partial charge in [0.2, 0.25) is 0 Å². The standard InChI is InChI=1S/C16H14N2OS/c1-9-4-2-5-10(8-9)14-17-15(19)13-11-6-3-7-12(11)20-16(13)18-14/h2,4-5,8H,3,6-7H2,1H3,(H,17,18,19). The second kappa shape index (κ2) is 4.28. The molecule has 4 heteroatoms. The van der Waals surface area contributed by atoms with Crippen molar-refractivity contribution in [3.05, 3.63) is 50.6 Å². The fraction of sp³-hybridized carbons (Fsp3) is 0.250. The summed E-state index contributed by atoms with van der Waals surface area (Å²) in [4.78, 5) is 22.2. The monoisotopic (exact) mass is 282 g/mol. The van der Waals surface area contributed by atoms with E-state index in [1.165, 1.54) is 16.0 Å². The SMILES string of the molecule is Cc1cccc(-c2nc3sc4c(c3c(=O)[nH]2)CCC4)c1. The summed E-state index contributed by atoms with van der Waals surface area (Å²) in [5.41, 5.74) is 3.37. The highest BCUT2D eigenvalue weighted by molar-refractivity contribution is 7.18. The number of aryl methyl sites for hydroxylation is 3. The van der Waals surface area contributed by atoms with Crippen molar-refractivity contribution in [2.45, 2.75) is 26.2 Å². The van der Waals surface area contributed by atoms with Gasteiger partial charge in [-0.25, -0.2) is 4.98 Å². The molecule has 0 bridgehead atoms. The number of aromatic amines is 1. The van der Waals surface area contributed by atoms with Gasteiger partial charge >= 0.3 is 0 Å². The molecule has 0 saturated heterocycles. The third-order valence-electron chi connectivity index (χ3n) is 3.87. The van der Waals surface area contributed by atoms with Gasteiger partial charge in [-0.2, -0.15) is 0 Å². The molecule has 1 aromatic carbocycles. The second-order valence-electron chi connectivity index (χ2n) is 5.32. The minimum absolute atomic E-state index is 0.00547. The Hall–Kier alpha value is -1.94. The molecule has 0 aliphatic heterocycles. The first-order valence-corrected chi connectivity index (χ1v) is 7.65. The number of fused-ring (bicyclic) bond motifs is 3. The zero-order valence-electron chi connectivity index (χ0n) is 11.2. The Morgan fingerprint density at radius 3 is 3.05 bits per heavy atom. The number of rotatable bonds is 1. The molecular formula is C16H14N2OS. The molecule has 3 aromatic rings. The number of hydrogen-bond acceptors (Lipinski definition) is 3. The van der Waals surface area contributed by atoms with Crippen LogP contribution < -0.4 is 5.56 Å². The number of hydrogen-bond donors (Lipinski definition) is 1. The highest BCUT2D eigenvalue weighted by atomic mass is 32.1. The molecule has 0 unspecified atom stereocenters. The van der Waals surface area contributed by atoms with Crippen LogP contribution in [0.3, 0.4) is 0 Å². The first-order chi connectivity index (χ1) is 9.72. The van der Waals surface area contributed by atoms with Crippen LogP contribution >= 0.6 is 11.3 Å². The molecule has 2 aromatic heterocycles. The van der Waals surface area contributed by atoms with E-state index < -0.39 is 0 Å². The van der Waals surface area contributed by atoms with Gasteiger partial charge < -0.3 is 4.98 Å². The maximum absolute atomic E-state index is 12.4. The topological polar surface area (TPSA) is 45.8 Å². The third-order valence-corrected chi connectivity index (χ3v) is 5.05. The molecule has 0 fully saturated rings. The fourth-order valence-electron chi connectivity index (χ4n) is 2.93. The van der Waals surface area contributed by atoms with Crippen molar-refractivity contribution in [2.24, 2.45) is 0 Å². The first-order valence-electron chi connectivity index (χ1n) is 6.84. The van der Waals surface area contributed by atoms with Crippen molar-refractivity contribution in [1.29, 1.82) is 0 Å². The van der Waals surface area contributed by atoms with E-state index in [0.29, 0.717) is 5.82 Å². The number of H-pyrrole nitrogens is 1. The van der Waals surface area contributed by atoms with Crippen LogP contribution in [0.5, 0.6) is 0 Å². The van der Waals surface area contributed by atoms with E-state index in [9.17, 15) is 4.79 Å². The van der Waals surface area contributed by atoms with E-state index in [4.69, 9.17) is 0 Å². The normalized spacial score (nSPS) is 13.8. The molecule has 100 valence electrons. The van der Waals surface area contributed by atoms with Crippen molar-refractivity contribution in [3.8, 4) is 11.4 Å². The lowest BCUT2D eigenvalue weighted by Gasteiger charge is -2.02. The summed E-state index contributed by atoms with van der Waals surface area (Å²) in [5.74, 6) is 0.672. The highest BCUT2D eigenvalue weighted by Crippen LogP contribution is 2.35. The van der Waals surface area contributed by atoms with Crippen molar-refractivity contribution in [2.75, 3.05) is 0 Å². The molecule has 4 rings (SSSR count). The molecule has 20 heavy (non-hydrogen) atoms. The molecule has 1 aliphatic carbocycles. The van der Waals surface area contributed by atoms with Crippen LogP contribution in [-0.4, -0.2) is 9.97 Å². The summed E-state index contributed by atoms with van der Waals surface area (Å²) in [6.07, 6.45) is 3.27. The first kappa shape index (κ1) is 11.9. The molecule has 0 atom stereocenters. The number of benzene rings is 1. The van der Waals surface area contributed by atoms with Crippen molar-refractivity contribution >= 4 is 21.6 Å². The number of aromatic nitrogens is 2. The average molecular weight is 282 g/mol. The summed E-state index contributed by atoms with van der Waals surface area (Å²) in [6, 6.07) is 8.06. The Bertz CT molecular complexity index is 876. The van der Waals surface area contributed by atoms with E-state index in [0.717, 1.165) is 35.0 Å². The van der Waals surface area contributed by atoms with Gasteiger partial charge in [-0.15, -0.1) is 11.3 Å². The zero-order valence-corrected chi connectivity index (χ0v) is 12.0. The van der Waals surface area contributed by atoms with Gasteiger partial charge in [-0.05, 0) is 37.8 Å². The summed E-state index contributed by atoms with van der Waals surface area (Å²) in [6.45, 7) is 2.04. The summed E-state index contributed by atoms with van der Waals surface area (Å²) in [7, 11) is 0. The van der Waals surface area contributed by atoms with Crippen LogP contribution in [0.25, 0.3) is 21.6 Å². The zero-order chi connectivity index (χ0) is 13.7. The summed E-state index contributed by atoms with van der Waals surface area (Å²) >= 11 is 1.68. The maximum atomic E-state index is 12.4. The van der Waals surface area contributed by atoms with Gasteiger partial charge in [0.15, 0.2) is 0 Å². The molecule has 0 spiro atoms. The van der Waals surface area contributed by atoms with Crippen LogP contribution in [0.4, 0.5) is 0 Å². The van der Waals surface area contributed by atoms with E-state index in [1.807, 2.05) is 31.2 Å². The summed E-state index contributed by atoms with van der Waals surface area (Å²) in [5, 5.41) is 0.818. The highest BCUT2D eigenvalue weighted by Gasteiger charge is 2.21. The minimum atomic E-state index is 0.00547. The molecule has 1 N–H and O–H groups in total. The van der Waals surface area contributed by atoms with E-state index in [2.05, 4.69) is 9.97 Å². The van der Waals surface area contributed by atoms with Crippen molar-refractivity contribution in [1.82, 2.24) is 9.97 Å². The molecule has 0 radical (unpaired) electrons. The van der Waals surface area contributed by atoms with Gasteiger partial charge in [-0.3, -0.25) is 4.79 Å². The van der Waals surface area contributed by atoms with Gasteiger partial charge in [-0.1, -0.05) is 23.8 Å². The number of nitrogens with one attached hydrogen (secondary N) is 1. The molecule has 2 heterocycles. The Morgan fingerprint density at radius 2 is 2.20 bits per heavy atom. The molecule has 0 amide bonds. The number of thiophene rings is 1. The molecule has 3 nitrogen and oxygen atoms in total. The minimum Gasteiger partial charge on any atom is -0.306 e. The molecular weight excluding hydrogens is 268 g/mol. The lowest BCUT2D eigenvalue weighted by molar-refractivity contribution is 0.916. The predicted octanol–water partition coefficient (Wildman–Crippen LogP) is 3.45. The predicted molar refractivity (Wildman–Crippen MR) is 82.4 cm³/mol. The molecule has 0 saturated carbocycles. The van der Waals surface area contributed by atoms with Gasteiger partial charge in [0.1, 0.15) is 10.7 Å². The average Bonchev–Trinajstić information content (AvgIpc) is 2.98. The van der Waals surface area contributed by atoms with Crippen LogP contribution in [0.1, 0.15) is 22.4 Å². The van der Waals surface area contributed by atoms with Crippen LogP contribution in [-0.2, 0) is 12.8 Å². The van der Waals surface area contributed by atoms with E-state index >= 15 is 0 Å². The molecule has 1 aliphatic rings. The van der Waals surface area contributed by atoms with Gasteiger partial charge in [0.05, 0.1) is 5.39 Å². The van der Waals surface area contributed by atoms with Crippen LogP contribution in [0, 0.1) is 6.92 Å². The fourth-order valence-corrected chi connectivity index (χ4v) is 4.19. The van der Waals surface area contributed by atoms with E-state index in [-0.39, 0.29) is 5.56 Å². The van der Waals surface area contributed by atoms with Crippen LogP contribution in [0.15, 0.2) is 29.1 Å². The Balaban J connectivity index is 1.97. The van der Waals surface area contributed by atoms with Gasteiger partial charge in [0.25, 0.3) is 5.56 Å². The third kappa shape index (κ3) is 1.72. The maximum Gasteiger partial charge on any atom is 0.260 e. The largest absolute Gasteiger partial charge is 0.306 e.